The highest BCUT2D eigenvalue weighted by atomic mass is 14.8. The average molecular weight is 108 g/mol. The van der Waals surface area contributed by atoms with Crippen molar-refractivity contribution >= 4 is 11.9 Å². The zero-order chi connectivity index (χ0) is 5.82. The Labute approximate surface area is 48.7 Å². The van der Waals surface area contributed by atoms with Crippen molar-refractivity contribution in [3.05, 3.63) is 12.3 Å². The van der Waals surface area contributed by atoms with Gasteiger partial charge in [-0.3, -0.25) is 9.98 Å². The van der Waals surface area contributed by atoms with Crippen LogP contribution in [0, 0.1) is 0 Å². The fourth-order valence-corrected chi connectivity index (χ4v) is 0.496. The van der Waals surface area contributed by atoms with Gasteiger partial charge in [-0.15, -0.1) is 0 Å². The van der Waals surface area contributed by atoms with Crippen LogP contribution in [0.1, 0.15) is 6.92 Å². The largest absolute Gasteiger partial charge is 0.284 e. The van der Waals surface area contributed by atoms with Gasteiger partial charge in [-0.2, -0.15) is 0 Å². The molecule has 0 radical (unpaired) electrons. The Kier molecular flexibility index (Phi) is 1.57. The second kappa shape index (κ2) is 2.40. The lowest BCUT2D eigenvalue weighted by Gasteiger charge is -1.81. The Balaban J connectivity index is 2.69. The third-order valence-corrected chi connectivity index (χ3v) is 0.899. The number of hydrogen-bond donors (Lipinski definition) is 0. The molecule has 0 spiro atoms. The molecule has 1 heterocycles. The molecule has 0 fully saturated rings. The Morgan fingerprint density at radius 2 is 2.50 bits per heavy atom. The van der Waals surface area contributed by atoms with Gasteiger partial charge in [-0.05, 0) is 13.0 Å². The third-order valence-electron chi connectivity index (χ3n) is 0.899. The summed E-state index contributed by atoms with van der Waals surface area (Å²) in [5.41, 5.74) is 0.995. The molecule has 8 heavy (non-hydrogen) atoms. The molecule has 0 aromatic carbocycles. The minimum absolute atomic E-state index is 0.770. The van der Waals surface area contributed by atoms with E-state index in [1.807, 2.05) is 13.0 Å². The predicted octanol–water partition coefficient (Wildman–Crippen LogP) is 1.05. The van der Waals surface area contributed by atoms with Crippen molar-refractivity contribution in [2.24, 2.45) is 9.98 Å². The van der Waals surface area contributed by atoms with E-state index in [4.69, 9.17) is 0 Å². The van der Waals surface area contributed by atoms with Gasteiger partial charge < -0.3 is 0 Å². The van der Waals surface area contributed by atoms with Crippen LogP contribution >= 0.6 is 0 Å². The molecule has 0 aromatic rings. The van der Waals surface area contributed by atoms with E-state index in [9.17, 15) is 0 Å². The van der Waals surface area contributed by atoms with Gasteiger partial charge in [-0.1, -0.05) is 0 Å². The molecule has 1 rings (SSSR count). The van der Waals surface area contributed by atoms with Gasteiger partial charge in [0.05, 0.1) is 12.3 Å². The van der Waals surface area contributed by atoms with Crippen molar-refractivity contribution in [1.82, 2.24) is 0 Å². The van der Waals surface area contributed by atoms with Gasteiger partial charge in [0.25, 0.3) is 0 Å². The Morgan fingerprint density at radius 1 is 1.62 bits per heavy atom. The first-order chi connectivity index (χ1) is 3.89. The van der Waals surface area contributed by atoms with Gasteiger partial charge in [0.15, 0.2) is 0 Å². The SMILES string of the molecule is CC1=NCC=CN=C1. The molecule has 0 saturated carbocycles. The van der Waals surface area contributed by atoms with E-state index in [1.54, 1.807) is 12.4 Å². The van der Waals surface area contributed by atoms with E-state index in [0.29, 0.717) is 0 Å². The summed E-state index contributed by atoms with van der Waals surface area (Å²) < 4.78 is 0. The molecule has 2 heteroatoms. The summed E-state index contributed by atoms with van der Waals surface area (Å²) in [7, 11) is 0. The summed E-state index contributed by atoms with van der Waals surface area (Å²) in [5.74, 6) is 0. The first kappa shape index (κ1) is 5.22. The highest BCUT2D eigenvalue weighted by Crippen LogP contribution is 1.84. The van der Waals surface area contributed by atoms with Crippen molar-refractivity contribution in [3.63, 3.8) is 0 Å². The zero-order valence-corrected chi connectivity index (χ0v) is 4.83. The number of nitrogens with zero attached hydrogens (tertiary/aromatic N) is 2. The van der Waals surface area contributed by atoms with Crippen LogP contribution in [-0.4, -0.2) is 18.5 Å². The maximum Gasteiger partial charge on any atom is 0.0591 e. The molecule has 0 aromatic heterocycles. The second-order valence-electron chi connectivity index (χ2n) is 1.65. The summed E-state index contributed by atoms with van der Waals surface area (Å²) >= 11 is 0. The van der Waals surface area contributed by atoms with Crippen molar-refractivity contribution in [2.45, 2.75) is 6.92 Å². The van der Waals surface area contributed by atoms with E-state index in [2.05, 4.69) is 9.98 Å². The molecule has 0 aliphatic carbocycles. The molecule has 1 aliphatic heterocycles. The third kappa shape index (κ3) is 1.30. The first-order valence-corrected chi connectivity index (χ1v) is 2.59. The van der Waals surface area contributed by atoms with Gasteiger partial charge in [-0.25, -0.2) is 0 Å². The maximum absolute atomic E-state index is 4.10. The Hall–Kier alpha value is -0.920. The van der Waals surface area contributed by atoms with Crippen molar-refractivity contribution in [3.8, 4) is 0 Å². The zero-order valence-electron chi connectivity index (χ0n) is 4.83. The molecule has 2 nitrogen and oxygen atoms in total. The van der Waals surface area contributed by atoms with E-state index in [1.165, 1.54) is 0 Å². The normalized spacial score (nSPS) is 17.9. The summed E-state index contributed by atoms with van der Waals surface area (Å²) in [6.45, 7) is 2.71. The molecule has 0 unspecified atom stereocenters. The fourth-order valence-electron chi connectivity index (χ4n) is 0.496. The van der Waals surface area contributed by atoms with E-state index >= 15 is 0 Å². The smallest absolute Gasteiger partial charge is 0.0591 e. The van der Waals surface area contributed by atoms with Crippen LogP contribution in [0.4, 0.5) is 0 Å². The van der Waals surface area contributed by atoms with Crippen molar-refractivity contribution in [1.29, 1.82) is 0 Å². The molecule has 0 N–H and O–H groups in total. The summed E-state index contributed by atoms with van der Waals surface area (Å²) in [6.07, 6.45) is 5.44. The summed E-state index contributed by atoms with van der Waals surface area (Å²) in [6, 6.07) is 0. The van der Waals surface area contributed by atoms with Gasteiger partial charge >= 0.3 is 0 Å². The van der Waals surface area contributed by atoms with Crippen LogP contribution < -0.4 is 0 Å². The van der Waals surface area contributed by atoms with Crippen LogP contribution in [0.25, 0.3) is 0 Å². The molecular formula is C6H8N2. The van der Waals surface area contributed by atoms with E-state index in [-0.39, 0.29) is 0 Å². The summed E-state index contributed by atoms with van der Waals surface area (Å²) in [4.78, 5) is 8.02. The van der Waals surface area contributed by atoms with E-state index < -0.39 is 0 Å². The molecule has 1 aliphatic rings. The van der Waals surface area contributed by atoms with Crippen LogP contribution in [0.15, 0.2) is 22.3 Å². The lowest BCUT2D eigenvalue weighted by Crippen LogP contribution is -1.90. The maximum atomic E-state index is 4.10. The lowest BCUT2D eigenvalue weighted by molar-refractivity contribution is 1.24. The van der Waals surface area contributed by atoms with Crippen molar-refractivity contribution in [2.75, 3.05) is 6.54 Å². The summed E-state index contributed by atoms with van der Waals surface area (Å²) in [5, 5.41) is 0. The number of aliphatic imine (C=N–C) groups is 2. The standard InChI is InChI=1S/C6H8N2/c1-6-5-7-3-2-4-8-6/h2-3,5H,4H2,1H3. The number of hydrogen-bond acceptors (Lipinski definition) is 2. The topological polar surface area (TPSA) is 24.7 Å². The van der Waals surface area contributed by atoms with Crippen LogP contribution in [0.2, 0.25) is 0 Å². The van der Waals surface area contributed by atoms with Crippen LogP contribution in [-0.2, 0) is 0 Å². The Morgan fingerprint density at radius 3 is 3.38 bits per heavy atom. The molecule has 0 amide bonds. The van der Waals surface area contributed by atoms with Crippen LogP contribution in [0.3, 0.4) is 0 Å². The quantitative estimate of drug-likeness (QED) is 0.443. The first-order valence-electron chi connectivity index (χ1n) is 2.59. The van der Waals surface area contributed by atoms with Crippen molar-refractivity contribution < 1.29 is 0 Å². The minimum Gasteiger partial charge on any atom is -0.284 e. The Bertz CT molecular complexity index is 151. The van der Waals surface area contributed by atoms with E-state index in [0.717, 1.165) is 12.3 Å². The highest BCUT2D eigenvalue weighted by molar-refractivity contribution is 6.29. The minimum atomic E-state index is 0.770. The molecule has 0 saturated heterocycles. The fraction of sp³-hybridized carbons (Fsp3) is 0.333. The molecule has 42 valence electrons. The van der Waals surface area contributed by atoms with Gasteiger partial charge in [0.1, 0.15) is 0 Å². The van der Waals surface area contributed by atoms with Gasteiger partial charge in [0.2, 0.25) is 0 Å². The highest BCUT2D eigenvalue weighted by Gasteiger charge is 1.83. The number of rotatable bonds is 0. The molecule has 0 atom stereocenters. The van der Waals surface area contributed by atoms with Crippen LogP contribution in [0.5, 0.6) is 0 Å². The van der Waals surface area contributed by atoms with Gasteiger partial charge in [0, 0.05) is 12.4 Å². The second-order valence-corrected chi connectivity index (χ2v) is 1.65. The molecular weight excluding hydrogens is 100 g/mol. The monoisotopic (exact) mass is 108 g/mol. The average Bonchev–Trinajstić information content (AvgIpc) is 1.94. The lowest BCUT2D eigenvalue weighted by atomic mass is 10.5. The predicted molar refractivity (Wildman–Crippen MR) is 35.6 cm³/mol. The molecule has 0 bridgehead atoms.